The second-order valence-corrected chi connectivity index (χ2v) is 10.2. The third kappa shape index (κ3) is 4.65. The van der Waals surface area contributed by atoms with Crippen LogP contribution in [0.25, 0.3) is 6.08 Å². The summed E-state index contributed by atoms with van der Waals surface area (Å²) in [6, 6.07) is 22.9. The SMILES string of the molecule is O=C(c1cccc(Br)c1)N1N=C2/C(=C/c3ccc(Cl)cc3)CCC[C@@H]2[C@@H]1c1ccc(Cl)cc1. The number of amides is 1. The molecule has 2 atom stereocenters. The lowest BCUT2D eigenvalue weighted by Crippen LogP contribution is -2.31. The van der Waals surface area contributed by atoms with Gasteiger partial charge in [0.05, 0.1) is 11.8 Å². The molecule has 1 fully saturated rings. The number of nitrogens with zero attached hydrogens (tertiary/aromatic N) is 2. The van der Waals surface area contributed by atoms with Crippen molar-refractivity contribution in [2.24, 2.45) is 11.0 Å². The molecule has 0 unspecified atom stereocenters. The molecular formula is C27H21BrCl2N2O. The van der Waals surface area contributed by atoms with E-state index in [1.165, 1.54) is 5.57 Å². The number of carbonyl (C=O) groups excluding carboxylic acids is 1. The molecule has 3 aromatic carbocycles. The monoisotopic (exact) mass is 538 g/mol. The summed E-state index contributed by atoms with van der Waals surface area (Å²) in [6.45, 7) is 0. The first-order chi connectivity index (χ1) is 16.0. The van der Waals surface area contributed by atoms with E-state index in [-0.39, 0.29) is 17.9 Å². The highest BCUT2D eigenvalue weighted by Crippen LogP contribution is 2.45. The van der Waals surface area contributed by atoms with E-state index < -0.39 is 0 Å². The number of rotatable bonds is 3. The predicted molar refractivity (Wildman–Crippen MR) is 139 cm³/mol. The average Bonchev–Trinajstić information content (AvgIpc) is 3.21. The van der Waals surface area contributed by atoms with Gasteiger partial charge in [0.25, 0.3) is 5.91 Å². The topological polar surface area (TPSA) is 32.7 Å². The van der Waals surface area contributed by atoms with Crippen LogP contribution in [-0.4, -0.2) is 16.6 Å². The summed E-state index contributed by atoms with van der Waals surface area (Å²) in [4.78, 5) is 13.6. The molecule has 0 bridgehead atoms. The highest BCUT2D eigenvalue weighted by atomic mass is 79.9. The van der Waals surface area contributed by atoms with Crippen LogP contribution in [0.1, 0.15) is 46.8 Å². The molecule has 1 aliphatic heterocycles. The summed E-state index contributed by atoms with van der Waals surface area (Å²) in [6.07, 6.45) is 5.13. The van der Waals surface area contributed by atoms with E-state index in [0.717, 1.165) is 40.6 Å². The molecular weight excluding hydrogens is 519 g/mol. The lowest BCUT2D eigenvalue weighted by Gasteiger charge is -2.29. The zero-order valence-corrected chi connectivity index (χ0v) is 20.8. The Kier molecular flexibility index (Phi) is 6.42. The van der Waals surface area contributed by atoms with E-state index in [0.29, 0.717) is 15.6 Å². The van der Waals surface area contributed by atoms with Crippen LogP contribution in [0, 0.1) is 5.92 Å². The third-order valence-corrected chi connectivity index (χ3v) is 7.20. The minimum Gasteiger partial charge on any atom is -0.267 e. The van der Waals surface area contributed by atoms with E-state index in [9.17, 15) is 4.79 Å². The Hall–Kier alpha value is -2.40. The molecule has 1 heterocycles. The minimum absolute atomic E-state index is 0.107. The van der Waals surface area contributed by atoms with E-state index in [1.54, 1.807) is 5.01 Å². The van der Waals surface area contributed by atoms with Crippen molar-refractivity contribution in [2.45, 2.75) is 25.3 Å². The van der Waals surface area contributed by atoms with Crippen molar-refractivity contribution in [3.63, 3.8) is 0 Å². The van der Waals surface area contributed by atoms with Crippen molar-refractivity contribution < 1.29 is 4.79 Å². The Morgan fingerprint density at radius 3 is 2.39 bits per heavy atom. The number of hydrogen-bond acceptors (Lipinski definition) is 2. The molecule has 1 amide bonds. The second-order valence-electron chi connectivity index (χ2n) is 8.36. The first-order valence-electron chi connectivity index (χ1n) is 10.9. The highest BCUT2D eigenvalue weighted by molar-refractivity contribution is 9.10. The molecule has 3 nitrogen and oxygen atoms in total. The summed E-state index contributed by atoms with van der Waals surface area (Å²) < 4.78 is 0.865. The molecule has 33 heavy (non-hydrogen) atoms. The normalized spacial score (nSPS) is 21.1. The molecule has 0 spiro atoms. The van der Waals surface area contributed by atoms with Crippen LogP contribution in [0.4, 0.5) is 0 Å². The van der Waals surface area contributed by atoms with Crippen LogP contribution in [0.2, 0.25) is 10.0 Å². The number of hydrazone groups is 1. The Bertz CT molecular complexity index is 1250. The number of halogens is 3. The number of benzene rings is 3. The van der Waals surface area contributed by atoms with Gasteiger partial charge in [-0.3, -0.25) is 4.79 Å². The molecule has 6 heteroatoms. The fourth-order valence-corrected chi connectivity index (χ4v) is 5.33. The summed E-state index contributed by atoms with van der Waals surface area (Å²) in [5, 5.41) is 8.01. The maximum absolute atomic E-state index is 13.6. The largest absolute Gasteiger partial charge is 0.274 e. The molecule has 2 aliphatic rings. The first kappa shape index (κ1) is 22.4. The van der Waals surface area contributed by atoms with Crippen molar-refractivity contribution in [2.75, 3.05) is 0 Å². The van der Waals surface area contributed by atoms with Crippen molar-refractivity contribution >= 4 is 56.8 Å². The summed E-state index contributed by atoms with van der Waals surface area (Å²) in [7, 11) is 0. The zero-order chi connectivity index (χ0) is 22.9. The standard InChI is InChI=1S/C27H21BrCl2N2O/c28-21-5-1-4-20(16-21)27(33)32-26(18-9-13-23(30)14-10-18)24-6-2-3-19(25(24)31-32)15-17-7-11-22(29)12-8-17/h1,4-5,7-16,24,26H,2-3,6H2/b19-15+/t24-,26-/m0/s1. The van der Waals surface area contributed by atoms with Gasteiger partial charge in [-0.2, -0.15) is 5.10 Å². The number of carbonyl (C=O) groups is 1. The second kappa shape index (κ2) is 9.46. The Labute approximate surface area is 211 Å². The molecule has 0 saturated heterocycles. The fourth-order valence-electron chi connectivity index (χ4n) is 4.68. The van der Waals surface area contributed by atoms with Gasteiger partial charge >= 0.3 is 0 Å². The minimum atomic E-state index is -0.169. The van der Waals surface area contributed by atoms with Gasteiger partial charge < -0.3 is 0 Å². The van der Waals surface area contributed by atoms with Crippen LogP contribution in [0.15, 0.2) is 87.9 Å². The van der Waals surface area contributed by atoms with E-state index in [1.807, 2.05) is 72.8 Å². The average molecular weight is 540 g/mol. The molecule has 1 aliphatic carbocycles. The number of hydrogen-bond donors (Lipinski definition) is 0. The third-order valence-electron chi connectivity index (χ3n) is 6.20. The molecule has 1 saturated carbocycles. The van der Waals surface area contributed by atoms with Gasteiger partial charge in [-0.25, -0.2) is 5.01 Å². The van der Waals surface area contributed by atoms with E-state index >= 15 is 0 Å². The summed E-state index contributed by atoms with van der Waals surface area (Å²) in [5.41, 5.74) is 4.91. The van der Waals surface area contributed by atoms with Gasteiger partial charge in [-0.05, 0) is 84.5 Å². The molecule has 0 N–H and O–H groups in total. The van der Waals surface area contributed by atoms with Crippen LogP contribution in [0.3, 0.4) is 0 Å². The predicted octanol–water partition coefficient (Wildman–Crippen LogP) is 8.19. The molecule has 5 rings (SSSR count). The molecule has 0 aromatic heterocycles. The van der Waals surface area contributed by atoms with Crippen LogP contribution < -0.4 is 0 Å². The lowest BCUT2D eigenvalue weighted by molar-refractivity contribution is 0.0681. The highest BCUT2D eigenvalue weighted by Gasteiger charge is 2.43. The Balaban J connectivity index is 1.58. The van der Waals surface area contributed by atoms with E-state index in [4.69, 9.17) is 28.3 Å². The molecule has 166 valence electrons. The molecule has 3 aromatic rings. The van der Waals surface area contributed by atoms with Gasteiger partial charge in [0, 0.05) is 26.0 Å². The van der Waals surface area contributed by atoms with Crippen molar-refractivity contribution in [3.8, 4) is 0 Å². The Morgan fingerprint density at radius 1 is 1.00 bits per heavy atom. The summed E-state index contributed by atoms with van der Waals surface area (Å²) in [5.74, 6) is 0.0265. The maximum atomic E-state index is 13.6. The number of fused-ring (bicyclic) bond motifs is 1. The quantitative estimate of drug-likeness (QED) is 0.330. The van der Waals surface area contributed by atoms with Gasteiger partial charge in [0.2, 0.25) is 0 Å². The first-order valence-corrected chi connectivity index (χ1v) is 12.4. The lowest BCUT2D eigenvalue weighted by atomic mass is 9.77. The van der Waals surface area contributed by atoms with Gasteiger partial charge in [-0.1, -0.05) is 69.5 Å². The van der Waals surface area contributed by atoms with Gasteiger partial charge in [-0.15, -0.1) is 0 Å². The van der Waals surface area contributed by atoms with Gasteiger partial charge in [0.15, 0.2) is 0 Å². The Morgan fingerprint density at radius 2 is 1.70 bits per heavy atom. The zero-order valence-electron chi connectivity index (χ0n) is 17.7. The fraction of sp³-hybridized carbons (Fsp3) is 0.185. The van der Waals surface area contributed by atoms with Crippen molar-refractivity contribution in [1.29, 1.82) is 0 Å². The van der Waals surface area contributed by atoms with Crippen LogP contribution in [-0.2, 0) is 0 Å². The van der Waals surface area contributed by atoms with Crippen molar-refractivity contribution in [3.05, 3.63) is 110 Å². The van der Waals surface area contributed by atoms with Gasteiger partial charge in [0.1, 0.15) is 0 Å². The van der Waals surface area contributed by atoms with E-state index in [2.05, 4.69) is 22.0 Å². The molecule has 0 radical (unpaired) electrons. The van der Waals surface area contributed by atoms with Crippen molar-refractivity contribution in [1.82, 2.24) is 5.01 Å². The van der Waals surface area contributed by atoms with Crippen LogP contribution in [0.5, 0.6) is 0 Å². The summed E-state index contributed by atoms with van der Waals surface area (Å²) >= 11 is 15.7. The van der Waals surface area contributed by atoms with Crippen LogP contribution >= 0.6 is 39.1 Å². The maximum Gasteiger partial charge on any atom is 0.274 e. The smallest absolute Gasteiger partial charge is 0.267 e. The number of allylic oxidation sites excluding steroid dienone is 1.